The average molecular weight is 453 g/mol. The minimum atomic E-state index is -0.576. The van der Waals surface area contributed by atoms with Crippen LogP contribution in [-0.2, 0) is 6.54 Å². The maximum absolute atomic E-state index is 14.1. The maximum Gasteiger partial charge on any atom is 0.226 e. The fourth-order valence-electron chi connectivity index (χ4n) is 3.98. The summed E-state index contributed by atoms with van der Waals surface area (Å²) in [6.07, 6.45) is 1.67. The Bertz CT molecular complexity index is 1380. The zero-order valence-corrected chi connectivity index (χ0v) is 17.6. The molecule has 0 unspecified atom stereocenters. The highest BCUT2D eigenvalue weighted by molar-refractivity contribution is 5.89. The molecule has 1 aliphatic rings. The van der Waals surface area contributed by atoms with Crippen LogP contribution >= 0.6 is 0 Å². The van der Waals surface area contributed by atoms with Gasteiger partial charge in [0.05, 0.1) is 23.8 Å². The standard InChI is InChI=1S/C21H21F2N9O/c22-14-3-4-17(16(23)12-14)30-8-5-29(6-9-30)7-10-31-19-15(13-25-31)20-26-18(2-1-11-33)28-32(20)21(24)27-19/h3-4,12-13,33H,5-11H2,(H2,24,27). The summed E-state index contributed by atoms with van der Waals surface area (Å²) in [5.41, 5.74) is 7.59. The number of aromatic nitrogens is 6. The fourth-order valence-corrected chi connectivity index (χ4v) is 3.98. The quantitative estimate of drug-likeness (QED) is 0.430. The summed E-state index contributed by atoms with van der Waals surface area (Å²) in [5.74, 6) is 4.47. The molecule has 4 heterocycles. The summed E-state index contributed by atoms with van der Waals surface area (Å²) in [6.45, 7) is 3.80. The third-order valence-electron chi connectivity index (χ3n) is 5.63. The molecule has 1 saturated heterocycles. The zero-order chi connectivity index (χ0) is 22.9. The molecule has 5 rings (SSSR count). The van der Waals surface area contributed by atoms with Gasteiger partial charge >= 0.3 is 0 Å². The van der Waals surface area contributed by atoms with Crippen LogP contribution in [0.2, 0.25) is 0 Å². The van der Waals surface area contributed by atoms with Crippen molar-refractivity contribution in [1.29, 1.82) is 0 Å². The lowest BCUT2D eigenvalue weighted by Gasteiger charge is -2.36. The second kappa shape index (κ2) is 8.61. The number of fused-ring (bicyclic) bond motifs is 3. The van der Waals surface area contributed by atoms with E-state index in [1.54, 1.807) is 10.9 Å². The van der Waals surface area contributed by atoms with E-state index in [0.717, 1.165) is 25.7 Å². The van der Waals surface area contributed by atoms with Gasteiger partial charge in [-0.15, -0.1) is 5.10 Å². The largest absolute Gasteiger partial charge is 0.384 e. The molecule has 1 fully saturated rings. The Kier molecular flexibility index (Phi) is 5.49. The lowest BCUT2D eigenvalue weighted by molar-refractivity contribution is 0.245. The predicted octanol–water partition coefficient (Wildman–Crippen LogP) is 0.500. The van der Waals surface area contributed by atoms with Crippen molar-refractivity contribution in [2.75, 3.05) is 50.0 Å². The van der Waals surface area contributed by atoms with E-state index in [1.807, 2.05) is 4.90 Å². The van der Waals surface area contributed by atoms with Crippen LogP contribution < -0.4 is 10.6 Å². The summed E-state index contributed by atoms with van der Waals surface area (Å²) in [4.78, 5) is 13.0. The van der Waals surface area contributed by atoms with Gasteiger partial charge in [-0.1, -0.05) is 5.92 Å². The molecule has 0 aliphatic carbocycles. The topological polar surface area (TPSA) is 114 Å². The lowest BCUT2D eigenvalue weighted by atomic mass is 10.2. The molecule has 33 heavy (non-hydrogen) atoms. The molecule has 4 aromatic rings. The average Bonchev–Trinajstić information content (AvgIpc) is 3.41. The van der Waals surface area contributed by atoms with Crippen LogP contribution in [0.3, 0.4) is 0 Å². The van der Waals surface area contributed by atoms with Crippen molar-refractivity contribution in [3.05, 3.63) is 41.9 Å². The third-order valence-corrected chi connectivity index (χ3v) is 5.63. The Morgan fingerprint density at radius 2 is 1.88 bits per heavy atom. The molecule has 1 aliphatic heterocycles. The van der Waals surface area contributed by atoms with Crippen LogP contribution in [0.15, 0.2) is 24.4 Å². The van der Waals surface area contributed by atoms with E-state index in [4.69, 9.17) is 10.8 Å². The number of aliphatic hydroxyl groups is 1. The second-order valence-electron chi connectivity index (χ2n) is 7.63. The number of nitrogens with two attached hydrogens (primary N) is 1. The first-order chi connectivity index (χ1) is 16.0. The fraction of sp³-hybridized carbons (Fsp3) is 0.333. The van der Waals surface area contributed by atoms with Gasteiger partial charge in [0.15, 0.2) is 11.3 Å². The van der Waals surface area contributed by atoms with E-state index >= 15 is 0 Å². The Morgan fingerprint density at radius 3 is 2.64 bits per heavy atom. The lowest BCUT2D eigenvalue weighted by Crippen LogP contribution is -2.47. The van der Waals surface area contributed by atoms with Crippen molar-refractivity contribution >= 4 is 28.3 Å². The van der Waals surface area contributed by atoms with E-state index < -0.39 is 11.6 Å². The van der Waals surface area contributed by atoms with E-state index in [1.165, 1.54) is 16.6 Å². The van der Waals surface area contributed by atoms with Gasteiger partial charge in [-0.05, 0) is 18.1 Å². The molecule has 0 amide bonds. The van der Waals surface area contributed by atoms with Gasteiger partial charge in [-0.2, -0.15) is 19.6 Å². The first-order valence-corrected chi connectivity index (χ1v) is 10.4. The van der Waals surface area contributed by atoms with Gasteiger partial charge in [0.25, 0.3) is 0 Å². The predicted molar refractivity (Wildman–Crippen MR) is 117 cm³/mol. The van der Waals surface area contributed by atoms with Crippen LogP contribution in [0, 0.1) is 23.5 Å². The van der Waals surface area contributed by atoms with Gasteiger partial charge in [0, 0.05) is 38.8 Å². The molecule has 170 valence electrons. The number of halogens is 2. The Labute approximate surface area is 187 Å². The highest BCUT2D eigenvalue weighted by Gasteiger charge is 2.21. The number of anilines is 2. The minimum Gasteiger partial charge on any atom is -0.384 e. The monoisotopic (exact) mass is 453 g/mol. The Hall–Kier alpha value is -3.82. The van der Waals surface area contributed by atoms with Gasteiger partial charge in [0.2, 0.25) is 11.8 Å². The normalized spacial score (nSPS) is 14.7. The number of aliphatic hydroxyl groups excluding tert-OH is 1. The summed E-state index contributed by atoms with van der Waals surface area (Å²) >= 11 is 0. The number of nitrogens with zero attached hydrogens (tertiary/aromatic N) is 8. The minimum absolute atomic E-state index is 0.165. The van der Waals surface area contributed by atoms with E-state index in [9.17, 15) is 8.78 Å². The molecule has 3 aromatic heterocycles. The molecule has 3 N–H and O–H groups in total. The highest BCUT2D eigenvalue weighted by Crippen LogP contribution is 2.22. The first kappa shape index (κ1) is 21.0. The zero-order valence-electron chi connectivity index (χ0n) is 17.6. The van der Waals surface area contributed by atoms with Crippen LogP contribution in [-0.4, -0.2) is 78.7 Å². The molecule has 12 heteroatoms. The van der Waals surface area contributed by atoms with Gasteiger partial charge in [-0.25, -0.2) is 13.5 Å². The molecular formula is C21H21F2N9O. The highest BCUT2D eigenvalue weighted by atomic mass is 19.1. The molecule has 0 spiro atoms. The Balaban J connectivity index is 1.28. The van der Waals surface area contributed by atoms with Gasteiger partial charge in [0.1, 0.15) is 18.2 Å². The molecule has 10 nitrogen and oxygen atoms in total. The molecular weight excluding hydrogens is 432 g/mol. The van der Waals surface area contributed by atoms with Crippen LogP contribution in [0.4, 0.5) is 20.4 Å². The van der Waals surface area contributed by atoms with Gasteiger partial charge in [-0.3, -0.25) is 4.90 Å². The summed E-state index contributed by atoms with van der Waals surface area (Å²) in [5, 5.41) is 18.2. The van der Waals surface area contributed by atoms with Crippen LogP contribution in [0.1, 0.15) is 5.82 Å². The molecule has 0 bridgehead atoms. The number of nitrogen functional groups attached to an aromatic ring is 1. The smallest absolute Gasteiger partial charge is 0.226 e. The first-order valence-electron chi connectivity index (χ1n) is 10.4. The van der Waals surface area contributed by atoms with Crippen molar-refractivity contribution in [1.82, 2.24) is 34.3 Å². The van der Waals surface area contributed by atoms with E-state index in [-0.39, 0.29) is 18.4 Å². The maximum atomic E-state index is 14.1. The van der Waals surface area contributed by atoms with E-state index in [2.05, 4.69) is 36.9 Å². The van der Waals surface area contributed by atoms with Crippen LogP contribution in [0.5, 0.6) is 0 Å². The van der Waals surface area contributed by atoms with Crippen LogP contribution in [0.25, 0.3) is 16.7 Å². The number of rotatable bonds is 4. The molecule has 0 atom stereocenters. The van der Waals surface area contributed by atoms with Crippen molar-refractivity contribution in [3.63, 3.8) is 0 Å². The van der Waals surface area contributed by atoms with E-state index in [0.29, 0.717) is 42.0 Å². The molecule has 0 saturated carbocycles. The molecule has 1 aromatic carbocycles. The SMILES string of the molecule is Nc1nc2c(cnn2CCN2CCN(c3ccc(F)cc3F)CC2)c2nc(C#CCO)nn12. The number of hydrogen-bond acceptors (Lipinski definition) is 8. The van der Waals surface area contributed by atoms with Crippen molar-refractivity contribution in [2.45, 2.75) is 6.54 Å². The van der Waals surface area contributed by atoms with Crippen molar-refractivity contribution in [3.8, 4) is 11.8 Å². The third kappa shape index (κ3) is 4.04. The summed E-state index contributed by atoms with van der Waals surface area (Å²) < 4.78 is 30.4. The molecule has 0 radical (unpaired) electrons. The van der Waals surface area contributed by atoms with Gasteiger partial charge < -0.3 is 15.7 Å². The second-order valence-corrected chi connectivity index (χ2v) is 7.63. The summed E-state index contributed by atoms with van der Waals surface area (Å²) in [6, 6.07) is 3.68. The summed E-state index contributed by atoms with van der Waals surface area (Å²) in [7, 11) is 0. The van der Waals surface area contributed by atoms with Crippen molar-refractivity contribution in [2.24, 2.45) is 0 Å². The van der Waals surface area contributed by atoms with Crippen molar-refractivity contribution < 1.29 is 13.9 Å². The number of hydrogen-bond donors (Lipinski definition) is 2. The number of piperazine rings is 1. The Morgan fingerprint density at radius 1 is 1.06 bits per heavy atom. The number of benzene rings is 1.